The van der Waals surface area contributed by atoms with E-state index in [2.05, 4.69) is 44.1 Å². The molecule has 0 aliphatic rings. The highest BCUT2D eigenvalue weighted by molar-refractivity contribution is 5.52. The maximum atomic E-state index is 3.87. The Morgan fingerprint density at radius 1 is 1.27 bits per heavy atom. The molecule has 59 valence electrons. The molecule has 1 aromatic carbocycles. The fraction of sp³-hybridized carbons (Fsp3) is 0.300. The molecule has 0 spiro atoms. The van der Waals surface area contributed by atoms with Crippen LogP contribution in [0.25, 0.3) is 0 Å². The number of anilines is 1. The normalized spacial score (nSPS) is 9.73. The van der Waals surface area contributed by atoms with Crippen molar-refractivity contribution in [1.82, 2.24) is 0 Å². The van der Waals surface area contributed by atoms with Gasteiger partial charge in [-0.15, -0.1) is 0 Å². The van der Waals surface area contributed by atoms with Crippen LogP contribution in [-0.2, 0) is 6.42 Å². The van der Waals surface area contributed by atoms with Gasteiger partial charge in [-0.05, 0) is 25.0 Å². The van der Waals surface area contributed by atoms with Gasteiger partial charge >= 0.3 is 0 Å². The lowest BCUT2D eigenvalue weighted by Crippen LogP contribution is -2.10. The number of para-hydroxylation sites is 1. The largest absolute Gasteiger partial charge is 0.377 e. The lowest BCUT2D eigenvalue weighted by Gasteiger charge is -2.15. The maximum absolute atomic E-state index is 3.87. The zero-order chi connectivity index (χ0) is 8.27. The Labute approximate surface area is 68.7 Å². The van der Waals surface area contributed by atoms with Crippen molar-refractivity contribution in [2.45, 2.75) is 6.42 Å². The Hall–Kier alpha value is -0.980. The summed E-state index contributed by atoms with van der Waals surface area (Å²) in [4.78, 5) is 2.11. The van der Waals surface area contributed by atoms with Crippen molar-refractivity contribution in [3.8, 4) is 0 Å². The molecule has 11 heavy (non-hydrogen) atoms. The molecule has 0 atom stereocenters. The summed E-state index contributed by atoms with van der Waals surface area (Å²) in [5.41, 5.74) is 2.57. The van der Waals surface area contributed by atoms with Gasteiger partial charge in [-0.2, -0.15) is 0 Å². The molecular weight excluding hydrogens is 134 g/mol. The Balaban J connectivity index is 3.02. The summed E-state index contributed by atoms with van der Waals surface area (Å²) in [6, 6.07) is 8.32. The second-order valence-electron chi connectivity index (χ2n) is 2.77. The average Bonchev–Trinajstić information content (AvgIpc) is 2.04. The second-order valence-corrected chi connectivity index (χ2v) is 2.77. The Morgan fingerprint density at radius 2 is 1.91 bits per heavy atom. The second kappa shape index (κ2) is 3.42. The zero-order valence-electron chi connectivity index (χ0n) is 7.17. The molecule has 0 saturated carbocycles. The molecule has 0 aliphatic carbocycles. The van der Waals surface area contributed by atoms with Crippen LogP contribution < -0.4 is 4.90 Å². The summed E-state index contributed by atoms with van der Waals surface area (Å²) in [6.45, 7) is 3.87. The summed E-state index contributed by atoms with van der Waals surface area (Å²) in [5.74, 6) is 0. The first-order chi connectivity index (χ1) is 5.25. The van der Waals surface area contributed by atoms with E-state index < -0.39 is 0 Å². The molecule has 0 aromatic heterocycles. The number of hydrogen-bond acceptors (Lipinski definition) is 1. The standard InChI is InChI=1S/C10H14N/c1-4-9-7-5-6-8-10(9)11(2)3/h5-8H,1,4H2,2-3H3. The van der Waals surface area contributed by atoms with E-state index in [1.807, 2.05) is 6.07 Å². The number of rotatable bonds is 2. The fourth-order valence-electron chi connectivity index (χ4n) is 1.16. The average molecular weight is 148 g/mol. The van der Waals surface area contributed by atoms with Crippen molar-refractivity contribution in [2.24, 2.45) is 0 Å². The first-order valence-electron chi connectivity index (χ1n) is 3.80. The van der Waals surface area contributed by atoms with Crippen molar-refractivity contribution < 1.29 is 0 Å². The van der Waals surface area contributed by atoms with E-state index in [0.29, 0.717) is 0 Å². The van der Waals surface area contributed by atoms with Crippen molar-refractivity contribution >= 4 is 5.69 Å². The molecule has 0 bridgehead atoms. The summed E-state index contributed by atoms with van der Waals surface area (Å²) < 4.78 is 0. The predicted molar refractivity (Wildman–Crippen MR) is 49.8 cm³/mol. The summed E-state index contributed by atoms with van der Waals surface area (Å²) in [7, 11) is 4.10. The highest BCUT2D eigenvalue weighted by Crippen LogP contribution is 2.17. The van der Waals surface area contributed by atoms with Crippen molar-refractivity contribution in [2.75, 3.05) is 19.0 Å². The van der Waals surface area contributed by atoms with Crippen LogP contribution >= 0.6 is 0 Å². The summed E-state index contributed by atoms with van der Waals surface area (Å²) >= 11 is 0. The van der Waals surface area contributed by atoms with Crippen LogP contribution in [0.2, 0.25) is 0 Å². The third kappa shape index (κ3) is 1.73. The van der Waals surface area contributed by atoms with Crippen LogP contribution in [-0.4, -0.2) is 14.1 Å². The van der Waals surface area contributed by atoms with E-state index in [9.17, 15) is 0 Å². The highest BCUT2D eigenvalue weighted by Gasteiger charge is 1.99. The van der Waals surface area contributed by atoms with E-state index in [1.165, 1.54) is 11.3 Å². The van der Waals surface area contributed by atoms with Crippen molar-refractivity contribution in [3.05, 3.63) is 36.8 Å². The monoisotopic (exact) mass is 148 g/mol. The van der Waals surface area contributed by atoms with Gasteiger partial charge in [-0.1, -0.05) is 18.2 Å². The molecule has 0 unspecified atom stereocenters. The molecular formula is C10H14N. The Bertz CT molecular complexity index is 228. The molecule has 0 saturated heterocycles. The van der Waals surface area contributed by atoms with E-state index in [1.54, 1.807) is 0 Å². The Kier molecular flexibility index (Phi) is 2.53. The molecule has 1 nitrogen and oxygen atoms in total. The maximum Gasteiger partial charge on any atom is 0.0393 e. The van der Waals surface area contributed by atoms with Gasteiger partial charge in [-0.25, -0.2) is 0 Å². The first-order valence-corrected chi connectivity index (χ1v) is 3.80. The van der Waals surface area contributed by atoms with E-state index in [-0.39, 0.29) is 0 Å². The number of nitrogens with zero attached hydrogens (tertiary/aromatic N) is 1. The molecule has 1 rings (SSSR count). The first kappa shape index (κ1) is 8.12. The van der Waals surface area contributed by atoms with Gasteiger partial charge in [0.05, 0.1) is 0 Å². The third-order valence-electron chi connectivity index (χ3n) is 1.74. The van der Waals surface area contributed by atoms with E-state index in [0.717, 1.165) is 6.42 Å². The molecule has 1 radical (unpaired) electrons. The molecule has 0 N–H and O–H groups in total. The quantitative estimate of drug-likeness (QED) is 0.621. The fourth-order valence-corrected chi connectivity index (χ4v) is 1.16. The SMILES string of the molecule is [CH2]Cc1ccccc1N(C)C. The van der Waals surface area contributed by atoms with Crippen molar-refractivity contribution in [1.29, 1.82) is 0 Å². The highest BCUT2D eigenvalue weighted by atomic mass is 15.1. The predicted octanol–water partition coefficient (Wildman–Crippen LogP) is 2.13. The van der Waals surface area contributed by atoms with Crippen LogP contribution in [0, 0.1) is 6.92 Å². The summed E-state index contributed by atoms with van der Waals surface area (Å²) in [5, 5.41) is 0. The minimum Gasteiger partial charge on any atom is -0.377 e. The lowest BCUT2D eigenvalue weighted by molar-refractivity contribution is 1.09. The molecule has 0 aliphatic heterocycles. The smallest absolute Gasteiger partial charge is 0.0393 e. The molecule has 1 heteroatoms. The van der Waals surface area contributed by atoms with Gasteiger partial charge in [0.15, 0.2) is 0 Å². The molecule has 0 fully saturated rings. The van der Waals surface area contributed by atoms with Gasteiger partial charge in [0.1, 0.15) is 0 Å². The minimum absolute atomic E-state index is 0.856. The topological polar surface area (TPSA) is 3.24 Å². The van der Waals surface area contributed by atoms with Crippen LogP contribution in [0.1, 0.15) is 5.56 Å². The van der Waals surface area contributed by atoms with Crippen LogP contribution in [0.15, 0.2) is 24.3 Å². The molecule has 0 heterocycles. The Morgan fingerprint density at radius 3 is 2.36 bits per heavy atom. The van der Waals surface area contributed by atoms with Gasteiger partial charge in [-0.3, -0.25) is 0 Å². The summed E-state index contributed by atoms with van der Waals surface area (Å²) in [6.07, 6.45) is 0.856. The molecule has 0 amide bonds. The van der Waals surface area contributed by atoms with Crippen LogP contribution in [0.4, 0.5) is 5.69 Å². The van der Waals surface area contributed by atoms with Crippen LogP contribution in [0.3, 0.4) is 0 Å². The lowest BCUT2D eigenvalue weighted by atomic mass is 10.1. The van der Waals surface area contributed by atoms with Crippen molar-refractivity contribution in [3.63, 3.8) is 0 Å². The number of hydrogen-bond donors (Lipinski definition) is 0. The van der Waals surface area contributed by atoms with Gasteiger partial charge < -0.3 is 4.90 Å². The molecule has 1 aromatic rings. The van der Waals surface area contributed by atoms with Gasteiger partial charge in [0.25, 0.3) is 0 Å². The van der Waals surface area contributed by atoms with E-state index >= 15 is 0 Å². The van der Waals surface area contributed by atoms with E-state index in [4.69, 9.17) is 0 Å². The zero-order valence-corrected chi connectivity index (χ0v) is 7.17. The van der Waals surface area contributed by atoms with Gasteiger partial charge in [0, 0.05) is 19.8 Å². The number of benzene rings is 1. The van der Waals surface area contributed by atoms with Gasteiger partial charge in [0.2, 0.25) is 0 Å². The minimum atomic E-state index is 0.856. The third-order valence-corrected chi connectivity index (χ3v) is 1.74. The van der Waals surface area contributed by atoms with Crippen LogP contribution in [0.5, 0.6) is 0 Å².